The molecule has 26 heavy (non-hydrogen) atoms. The molecule has 0 saturated carbocycles. The molecule has 3 rings (SSSR count). The van der Waals surface area contributed by atoms with Crippen LogP contribution in [-0.2, 0) is 4.79 Å². The van der Waals surface area contributed by atoms with Crippen molar-refractivity contribution < 1.29 is 4.79 Å². The van der Waals surface area contributed by atoms with Crippen molar-refractivity contribution in [2.75, 3.05) is 18.8 Å². The van der Waals surface area contributed by atoms with Crippen LogP contribution >= 0.6 is 11.8 Å². The van der Waals surface area contributed by atoms with E-state index in [4.69, 9.17) is 11.0 Å². The fraction of sp³-hybridized carbons (Fsp3) is 0.263. The molecule has 0 radical (unpaired) electrons. The van der Waals surface area contributed by atoms with Crippen molar-refractivity contribution in [3.63, 3.8) is 0 Å². The van der Waals surface area contributed by atoms with Crippen molar-refractivity contribution in [2.45, 2.75) is 23.1 Å². The molecule has 1 aromatic carbocycles. The molecular formula is C19H17N5OS. The first-order valence-corrected chi connectivity index (χ1v) is 9.13. The zero-order valence-corrected chi connectivity index (χ0v) is 14.9. The number of hydrogen-bond acceptors (Lipinski definition) is 6. The van der Waals surface area contributed by atoms with Crippen LogP contribution in [0.5, 0.6) is 0 Å². The van der Waals surface area contributed by atoms with Crippen LogP contribution in [0.4, 0.5) is 5.82 Å². The molecule has 1 aliphatic rings. The van der Waals surface area contributed by atoms with E-state index in [2.05, 4.69) is 4.98 Å². The van der Waals surface area contributed by atoms with Gasteiger partial charge in [-0.2, -0.15) is 10.5 Å². The summed E-state index contributed by atoms with van der Waals surface area (Å²) in [5, 5.41) is 18.3. The highest BCUT2D eigenvalue weighted by atomic mass is 32.2. The van der Waals surface area contributed by atoms with Crippen molar-refractivity contribution in [1.29, 1.82) is 10.5 Å². The lowest BCUT2D eigenvalue weighted by Crippen LogP contribution is -2.31. The second kappa shape index (κ2) is 7.90. The summed E-state index contributed by atoms with van der Waals surface area (Å²) in [7, 11) is 0. The molecule has 0 unspecified atom stereocenters. The molecule has 0 aliphatic carbocycles. The second-order valence-electron chi connectivity index (χ2n) is 5.94. The summed E-state index contributed by atoms with van der Waals surface area (Å²) in [5.41, 5.74) is 7.07. The predicted molar refractivity (Wildman–Crippen MR) is 98.9 cm³/mol. The van der Waals surface area contributed by atoms with E-state index in [0.29, 0.717) is 5.03 Å². The Balaban J connectivity index is 1.99. The maximum atomic E-state index is 13.1. The van der Waals surface area contributed by atoms with Crippen LogP contribution in [-0.4, -0.2) is 28.9 Å². The van der Waals surface area contributed by atoms with Crippen LogP contribution in [0.3, 0.4) is 0 Å². The van der Waals surface area contributed by atoms with E-state index in [0.717, 1.165) is 31.5 Å². The Morgan fingerprint density at radius 1 is 1.15 bits per heavy atom. The summed E-state index contributed by atoms with van der Waals surface area (Å²) in [6.07, 6.45) is 2.01. The van der Waals surface area contributed by atoms with Gasteiger partial charge in [0.1, 0.15) is 28.2 Å². The largest absolute Gasteiger partial charge is 0.383 e. The van der Waals surface area contributed by atoms with E-state index in [1.165, 1.54) is 17.8 Å². The predicted octanol–water partition coefficient (Wildman–Crippen LogP) is 2.86. The standard InChI is InChI=1S/C19H17N5OS/c20-11-14-10-15(12-21)18(23-17(14)22)26-16(13-6-2-1-3-7-13)19(25)24-8-4-5-9-24/h1-3,6-7,10,16H,4-5,8-9H2,(H2,22,23)/t16-/m1/s1. The van der Waals surface area contributed by atoms with Gasteiger partial charge in [0.05, 0.1) is 11.1 Å². The Kier molecular flexibility index (Phi) is 5.40. The van der Waals surface area contributed by atoms with Crippen molar-refractivity contribution >= 4 is 23.5 Å². The number of thioether (sulfide) groups is 1. The maximum Gasteiger partial charge on any atom is 0.240 e. The van der Waals surface area contributed by atoms with Crippen LogP contribution in [0.1, 0.15) is 34.8 Å². The number of anilines is 1. The highest BCUT2D eigenvalue weighted by molar-refractivity contribution is 8.00. The molecule has 2 N–H and O–H groups in total. The summed E-state index contributed by atoms with van der Waals surface area (Å²) in [5.74, 6) is 0.0711. The number of likely N-dealkylation sites (tertiary alicyclic amines) is 1. The fourth-order valence-corrected chi connectivity index (χ4v) is 4.02. The number of aromatic nitrogens is 1. The Hall–Kier alpha value is -3.03. The Morgan fingerprint density at radius 2 is 1.81 bits per heavy atom. The van der Waals surface area contributed by atoms with Crippen LogP contribution in [0.25, 0.3) is 0 Å². The van der Waals surface area contributed by atoms with Gasteiger partial charge in [-0.05, 0) is 24.5 Å². The van der Waals surface area contributed by atoms with Gasteiger partial charge in [-0.1, -0.05) is 42.1 Å². The number of carbonyl (C=O) groups is 1. The third-order valence-corrected chi connectivity index (χ3v) is 5.48. The molecule has 7 heteroatoms. The van der Waals surface area contributed by atoms with Gasteiger partial charge >= 0.3 is 0 Å². The van der Waals surface area contributed by atoms with E-state index < -0.39 is 5.25 Å². The number of nitrogens with two attached hydrogens (primary N) is 1. The highest BCUT2D eigenvalue weighted by Gasteiger charge is 2.30. The molecule has 1 atom stereocenters. The number of carbonyl (C=O) groups excluding carboxylic acids is 1. The fourth-order valence-electron chi connectivity index (χ4n) is 2.87. The molecular weight excluding hydrogens is 346 g/mol. The number of nitriles is 2. The first-order valence-electron chi connectivity index (χ1n) is 8.25. The van der Waals surface area contributed by atoms with Gasteiger partial charge in [-0.25, -0.2) is 4.98 Å². The van der Waals surface area contributed by atoms with E-state index in [1.54, 1.807) is 0 Å². The first kappa shape index (κ1) is 17.8. The second-order valence-corrected chi connectivity index (χ2v) is 7.03. The lowest BCUT2D eigenvalue weighted by Gasteiger charge is -2.23. The maximum absolute atomic E-state index is 13.1. The monoisotopic (exact) mass is 363 g/mol. The zero-order valence-electron chi connectivity index (χ0n) is 14.1. The summed E-state index contributed by atoms with van der Waals surface area (Å²) in [4.78, 5) is 19.1. The van der Waals surface area contributed by atoms with Crippen LogP contribution in [0.15, 0.2) is 41.4 Å². The number of amides is 1. The molecule has 1 amide bonds. The minimum atomic E-state index is -0.513. The van der Waals surface area contributed by atoms with Crippen LogP contribution in [0, 0.1) is 22.7 Å². The molecule has 2 heterocycles. The molecule has 2 aromatic rings. The smallest absolute Gasteiger partial charge is 0.240 e. The van der Waals surface area contributed by atoms with Crippen molar-refractivity contribution in [3.8, 4) is 12.1 Å². The Labute approximate surface area is 156 Å². The third-order valence-electron chi connectivity index (χ3n) is 4.23. The first-order chi connectivity index (χ1) is 12.6. The van der Waals surface area contributed by atoms with Gasteiger partial charge in [0.15, 0.2) is 0 Å². The number of pyridine rings is 1. The Morgan fingerprint density at radius 3 is 2.42 bits per heavy atom. The molecule has 0 bridgehead atoms. The van der Waals surface area contributed by atoms with E-state index in [-0.39, 0.29) is 22.9 Å². The number of rotatable bonds is 4. The van der Waals surface area contributed by atoms with Gasteiger partial charge in [0.25, 0.3) is 0 Å². The van der Waals surface area contributed by atoms with Crippen LogP contribution < -0.4 is 5.73 Å². The van der Waals surface area contributed by atoms with Gasteiger partial charge < -0.3 is 10.6 Å². The molecule has 0 spiro atoms. The topological polar surface area (TPSA) is 107 Å². The quantitative estimate of drug-likeness (QED) is 0.837. The summed E-state index contributed by atoms with van der Waals surface area (Å²) in [6, 6.07) is 14.8. The number of hydrogen-bond donors (Lipinski definition) is 1. The minimum Gasteiger partial charge on any atom is -0.383 e. The van der Waals surface area contributed by atoms with Crippen LogP contribution in [0.2, 0.25) is 0 Å². The normalized spacial score (nSPS) is 14.5. The lowest BCUT2D eigenvalue weighted by atomic mass is 10.1. The molecule has 1 saturated heterocycles. The van der Waals surface area contributed by atoms with Gasteiger partial charge in [-0.3, -0.25) is 4.79 Å². The molecule has 130 valence electrons. The average molecular weight is 363 g/mol. The number of benzene rings is 1. The van der Waals surface area contributed by atoms with Gasteiger partial charge in [0.2, 0.25) is 5.91 Å². The third kappa shape index (κ3) is 3.63. The SMILES string of the molecule is N#Cc1cc(C#N)c(S[C@@H](C(=O)N2CCCC2)c2ccccc2)nc1N. The molecule has 1 aliphatic heterocycles. The molecule has 1 aromatic heterocycles. The van der Waals surface area contributed by atoms with Crippen molar-refractivity contribution in [2.24, 2.45) is 0 Å². The van der Waals surface area contributed by atoms with E-state index >= 15 is 0 Å². The van der Waals surface area contributed by atoms with Gasteiger partial charge in [0, 0.05) is 13.1 Å². The highest BCUT2D eigenvalue weighted by Crippen LogP contribution is 2.38. The van der Waals surface area contributed by atoms with E-state index in [1.807, 2.05) is 47.4 Å². The average Bonchev–Trinajstić information content (AvgIpc) is 3.21. The minimum absolute atomic E-state index is 0.00678. The lowest BCUT2D eigenvalue weighted by molar-refractivity contribution is -0.129. The molecule has 6 nitrogen and oxygen atoms in total. The summed E-state index contributed by atoms with van der Waals surface area (Å²) in [6.45, 7) is 1.49. The number of nitrogen functional groups attached to an aromatic ring is 1. The van der Waals surface area contributed by atoms with Gasteiger partial charge in [-0.15, -0.1) is 0 Å². The van der Waals surface area contributed by atoms with Crippen molar-refractivity contribution in [3.05, 3.63) is 53.1 Å². The Bertz CT molecular complexity index is 895. The zero-order chi connectivity index (χ0) is 18.5. The van der Waals surface area contributed by atoms with E-state index in [9.17, 15) is 10.1 Å². The number of nitrogens with zero attached hydrogens (tertiary/aromatic N) is 4. The molecule has 1 fully saturated rings. The summed E-state index contributed by atoms with van der Waals surface area (Å²) >= 11 is 1.21. The van der Waals surface area contributed by atoms with Crippen molar-refractivity contribution in [1.82, 2.24) is 9.88 Å². The summed E-state index contributed by atoms with van der Waals surface area (Å²) < 4.78 is 0.